The number of hydrogen-bond acceptors (Lipinski definition) is 4. The Morgan fingerprint density at radius 1 is 1.53 bits per heavy atom. The average Bonchev–Trinajstić information content (AvgIpc) is 2.70. The Kier molecular flexibility index (Phi) is 6.64. The second-order valence-electron chi connectivity index (χ2n) is 4.40. The van der Waals surface area contributed by atoms with Gasteiger partial charge in [-0.05, 0) is 27.6 Å². The van der Waals surface area contributed by atoms with Crippen LogP contribution in [0.15, 0.2) is 0 Å². The van der Waals surface area contributed by atoms with Gasteiger partial charge in [-0.1, -0.05) is 0 Å². The highest BCUT2D eigenvalue weighted by Crippen LogP contribution is 2.19. The third kappa shape index (κ3) is 5.20. The molecule has 0 aromatic heterocycles. The van der Waals surface area contributed by atoms with E-state index in [4.69, 9.17) is 4.74 Å². The van der Waals surface area contributed by atoms with Gasteiger partial charge in [0.25, 0.3) is 0 Å². The number of ether oxygens (including phenoxy) is 1. The molecule has 0 bridgehead atoms. The Morgan fingerprint density at radius 2 is 2.33 bits per heavy atom. The van der Waals surface area contributed by atoms with E-state index < -0.39 is 0 Å². The summed E-state index contributed by atoms with van der Waals surface area (Å²) in [6.07, 6.45) is 1.22. The summed E-state index contributed by atoms with van der Waals surface area (Å²) in [4.78, 5) is 2.24. The van der Waals surface area contributed by atoms with E-state index in [1.165, 1.54) is 24.5 Å². The minimum absolute atomic E-state index is 0.625. The smallest absolute Gasteiger partial charge is 0.0510 e. The SMILES string of the molecule is CNC(CSCCN(C)C)C1CCOC1. The summed E-state index contributed by atoms with van der Waals surface area (Å²) in [6.45, 7) is 3.06. The van der Waals surface area contributed by atoms with Crippen molar-refractivity contribution in [2.24, 2.45) is 5.92 Å². The lowest BCUT2D eigenvalue weighted by Gasteiger charge is -2.21. The zero-order valence-electron chi connectivity index (χ0n) is 10.2. The van der Waals surface area contributed by atoms with E-state index in [1.54, 1.807) is 0 Å². The van der Waals surface area contributed by atoms with Crippen molar-refractivity contribution in [3.8, 4) is 0 Å². The van der Waals surface area contributed by atoms with E-state index in [2.05, 4.69) is 31.4 Å². The van der Waals surface area contributed by atoms with E-state index in [0.29, 0.717) is 6.04 Å². The van der Waals surface area contributed by atoms with Crippen LogP contribution in [0.4, 0.5) is 0 Å². The summed E-state index contributed by atoms with van der Waals surface area (Å²) < 4.78 is 5.43. The molecule has 0 aromatic carbocycles. The molecule has 3 nitrogen and oxygen atoms in total. The molecule has 1 heterocycles. The molecule has 1 rings (SSSR count). The first-order valence-electron chi connectivity index (χ1n) is 5.71. The van der Waals surface area contributed by atoms with Gasteiger partial charge in [0.1, 0.15) is 0 Å². The Balaban J connectivity index is 2.10. The zero-order valence-corrected chi connectivity index (χ0v) is 11.0. The van der Waals surface area contributed by atoms with Gasteiger partial charge in [-0.2, -0.15) is 11.8 Å². The van der Waals surface area contributed by atoms with Crippen LogP contribution in [0.2, 0.25) is 0 Å². The maximum atomic E-state index is 5.43. The summed E-state index contributed by atoms with van der Waals surface area (Å²) >= 11 is 2.04. The summed E-state index contributed by atoms with van der Waals surface area (Å²) in [5, 5.41) is 3.42. The Labute approximate surface area is 97.9 Å². The molecule has 90 valence electrons. The largest absolute Gasteiger partial charge is 0.381 e. The Morgan fingerprint density at radius 3 is 2.87 bits per heavy atom. The van der Waals surface area contributed by atoms with Crippen LogP contribution in [-0.2, 0) is 4.74 Å². The monoisotopic (exact) mass is 232 g/mol. The molecule has 2 atom stereocenters. The lowest BCUT2D eigenvalue weighted by molar-refractivity contribution is 0.180. The van der Waals surface area contributed by atoms with Crippen LogP contribution in [0.25, 0.3) is 0 Å². The van der Waals surface area contributed by atoms with E-state index in [-0.39, 0.29) is 0 Å². The number of thioether (sulfide) groups is 1. The molecule has 1 aliphatic heterocycles. The van der Waals surface area contributed by atoms with E-state index in [0.717, 1.165) is 19.1 Å². The predicted octanol–water partition coefficient (Wildman–Crippen LogP) is 0.906. The van der Waals surface area contributed by atoms with Crippen LogP contribution in [0, 0.1) is 5.92 Å². The molecule has 1 saturated heterocycles. The van der Waals surface area contributed by atoms with Gasteiger partial charge in [0.15, 0.2) is 0 Å². The van der Waals surface area contributed by atoms with Gasteiger partial charge in [-0.15, -0.1) is 0 Å². The highest BCUT2D eigenvalue weighted by molar-refractivity contribution is 7.99. The number of hydrogen-bond donors (Lipinski definition) is 1. The molecule has 2 unspecified atom stereocenters. The van der Waals surface area contributed by atoms with Crippen molar-refractivity contribution in [3.05, 3.63) is 0 Å². The molecule has 15 heavy (non-hydrogen) atoms. The number of nitrogens with zero attached hydrogens (tertiary/aromatic N) is 1. The molecule has 0 aliphatic carbocycles. The number of rotatable bonds is 7. The van der Waals surface area contributed by atoms with Gasteiger partial charge in [0.05, 0.1) is 6.61 Å². The zero-order chi connectivity index (χ0) is 11.1. The van der Waals surface area contributed by atoms with Crippen molar-refractivity contribution in [2.45, 2.75) is 12.5 Å². The molecular formula is C11H24N2OS. The fourth-order valence-corrected chi connectivity index (χ4v) is 3.14. The van der Waals surface area contributed by atoms with E-state index in [9.17, 15) is 0 Å². The van der Waals surface area contributed by atoms with E-state index in [1.807, 2.05) is 11.8 Å². The second-order valence-corrected chi connectivity index (χ2v) is 5.55. The molecule has 1 N–H and O–H groups in total. The van der Waals surface area contributed by atoms with Crippen molar-refractivity contribution in [3.63, 3.8) is 0 Å². The first kappa shape index (κ1) is 13.3. The quantitative estimate of drug-likeness (QED) is 0.659. The van der Waals surface area contributed by atoms with Gasteiger partial charge in [-0.25, -0.2) is 0 Å². The molecule has 0 amide bonds. The average molecular weight is 232 g/mol. The van der Waals surface area contributed by atoms with Crippen molar-refractivity contribution >= 4 is 11.8 Å². The van der Waals surface area contributed by atoms with Crippen molar-refractivity contribution in [2.75, 3.05) is 52.4 Å². The van der Waals surface area contributed by atoms with Gasteiger partial charge in [-0.3, -0.25) is 0 Å². The first-order valence-corrected chi connectivity index (χ1v) is 6.87. The summed E-state index contributed by atoms with van der Waals surface area (Å²) in [5.41, 5.74) is 0. The molecule has 4 heteroatoms. The van der Waals surface area contributed by atoms with Gasteiger partial charge >= 0.3 is 0 Å². The van der Waals surface area contributed by atoms with Crippen LogP contribution >= 0.6 is 11.8 Å². The van der Waals surface area contributed by atoms with Crippen LogP contribution in [0.5, 0.6) is 0 Å². The third-order valence-corrected chi connectivity index (χ3v) is 3.95. The lowest BCUT2D eigenvalue weighted by Crippen LogP contribution is -2.36. The standard InChI is InChI=1S/C11H24N2OS/c1-12-11(10-4-6-14-8-10)9-15-7-5-13(2)3/h10-12H,4-9H2,1-3H3. The number of nitrogens with one attached hydrogen (secondary N) is 1. The Hall–Kier alpha value is 0.230. The topological polar surface area (TPSA) is 24.5 Å². The van der Waals surface area contributed by atoms with Crippen molar-refractivity contribution < 1.29 is 4.74 Å². The predicted molar refractivity (Wildman–Crippen MR) is 67.7 cm³/mol. The molecule has 1 fully saturated rings. The van der Waals surface area contributed by atoms with Gasteiger partial charge in [0, 0.05) is 36.6 Å². The van der Waals surface area contributed by atoms with Crippen molar-refractivity contribution in [1.82, 2.24) is 10.2 Å². The van der Waals surface area contributed by atoms with Gasteiger partial charge < -0.3 is 15.0 Å². The molecule has 0 spiro atoms. The van der Waals surface area contributed by atoms with Crippen LogP contribution in [0.1, 0.15) is 6.42 Å². The minimum Gasteiger partial charge on any atom is -0.381 e. The van der Waals surface area contributed by atoms with Crippen LogP contribution in [-0.4, -0.2) is 63.3 Å². The summed E-state index contributed by atoms with van der Waals surface area (Å²) in [7, 11) is 6.32. The molecule has 0 aromatic rings. The summed E-state index contributed by atoms with van der Waals surface area (Å²) in [5.74, 6) is 3.15. The maximum absolute atomic E-state index is 5.43. The van der Waals surface area contributed by atoms with Crippen LogP contribution in [0.3, 0.4) is 0 Å². The van der Waals surface area contributed by atoms with Crippen LogP contribution < -0.4 is 5.32 Å². The fourth-order valence-electron chi connectivity index (χ4n) is 1.78. The fraction of sp³-hybridized carbons (Fsp3) is 1.00. The first-order chi connectivity index (χ1) is 7.24. The highest BCUT2D eigenvalue weighted by atomic mass is 32.2. The molecular weight excluding hydrogens is 208 g/mol. The minimum atomic E-state index is 0.625. The molecule has 0 radical (unpaired) electrons. The summed E-state index contributed by atoms with van der Waals surface area (Å²) in [6, 6.07) is 0.625. The Bertz CT molecular complexity index is 161. The van der Waals surface area contributed by atoms with E-state index >= 15 is 0 Å². The second kappa shape index (κ2) is 7.49. The van der Waals surface area contributed by atoms with Crippen molar-refractivity contribution in [1.29, 1.82) is 0 Å². The lowest BCUT2D eigenvalue weighted by atomic mass is 10.0. The maximum Gasteiger partial charge on any atom is 0.0510 e. The normalized spacial score (nSPS) is 23.6. The third-order valence-electron chi connectivity index (χ3n) is 2.88. The highest BCUT2D eigenvalue weighted by Gasteiger charge is 2.24. The van der Waals surface area contributed by atoms with Gasteiger partial charge in [0.2, 0.25) is 0 Å². The molecule has 1 aliphatic rings. The molecule has 0 saturated carbocycles.